The van der Waals surface area contributed by atoms with Crippen LogP contribution in [0.25, 0.3) is 0 Å². The fraction of sp³-hybridized carbons (Fsp3) is 0.455. The highest BCUT2D eigenvalue weighted by atomic mass is 16.3. The van der Waals surface area contributed by atoms with Gasteiger partial charge in [-0.15, -0.1) is 0 Å². The summed E-state index contributed by atoms with van der Waals surface area (Å²) in [6.45, 7) is 2.00. The Morgan fingerprint density at radius 1 is 1.46 bits per heavy atom. The van der Waals surface area contributed by atoms with E-state index in [0.717, 1.165) is 5.56 Å². The molecule has 1 aromatic carbocycles. The van der Waals surface area contributed by atoms with Crippen molar-refractivity contribution >= 4 is 0 Å². The molecule has 0 spiro atoms. The van der Waals surface area contributed by atoms with Crippen molar-refractivity contribution < 1.29 is 5.11 Å². The number of phenols is 1. The standard InChI is InChI=1S/C11H15NO/c1-7-6-9(13)4-5-10(7)11(12)8-2-3-8/h4-6,8,11,13H,2-3,12H2,1H3/t11-/m0/s1. The summed E-state index contributed by atoms with van der Waals surface area (Å²) in [5.74, 6) is 0.993. The first kappa shape index (κ1) is 8.57. The molecule has 1 aliphatic rings. The van der Waals surface area contributed by atoms with Crippen LogP contribution in [0.3, 0.4) is 0 Å². The number of rotatable bonds is 2. The lowest BCUT2D eigenvalue weighted by Gasteiger charge is -2.13. The molecule has 0 bridgehead atoms. The first-order chi connectivity index (χ1) is 6.18. The molecule has 0 saturated heterocycles. The van der Waals surface area contributed by atoms with Gasteiger partial charge < -0.3 is 10.8 Å². The molecule has 1 aromatic rings. The Morgan fingerprint density at radius 3 is 2.69 bits per heavy atom. The van der Waals surface area contributed by atoms with Gasteiger partial charge in [0.1, 0.15) is 5.75 Å². The molecule has 1 fully saturated rings. The van der Waals surface area contributed by atoms with E-state index in [1.54, 1.807) is 12.1 Å². The highest BCUT2D eigenvalue weighted by Crippen LogP contribution is 2.40. The maximum absolute atomic E-state index is 9.23. The van der Waals surface area contributed by atoms with E-state index in [4.69, 9.17) is 5.73 Å². The van der Waals surface area contributed by atoms with Crippen molar-refractivity contribution in [2.45, 2.75) is 25.8 Å². The Bertz CT molecular complexity index is 318. The zero-order chi connectivity index (χ0) is 9.42. The molecule has 0 amide bonds. The molecule has 1 aliphatic carbocycles. The molecule has 70 valence electrons. The molecule has 2 nitrogen and oxygen atoms in total. The molecule has 0 aliphatic heterocycles. The van der Waals surface area contributed by atoms with Gasteiger partial charge in [0.05, 0.1) is 0 Å². The molecular formula is C11H15NO. The van der Waals surface area contributed by atoms with Crippen LogP contribution in [0.4, 0.5) is 0 Å². The van der Waals surface area contributed by atoms with Gasteiger partial charge in [0, 0.05) is 6.04 Å². The van der Waals surface area contributed by atoms with E-state index < -0.39 is 0 Å². The predicted molar refractivity (Wildman–Crippen MR) is 52.5 cm³/mol. The number of hydrogen-bond donors (Lipinski definition) is 2. The molecule has 0 radical (unpaired) electrons. The van der Waals surface area contributed by atoms with Crippen LogP contribution in [-0.4, -0.2) is 5.11 Å². The number of phenolic OH excluding ortho intramolecular Hbond substituents is 1. The minimum atomic E-state index is 0.167. The summed E-state index contributed by atoms with van der Waals surface area (Å²) in [6.07, 6.45) is 2.50. The van der Waals surface area contributed by atoms with Crippen molar-refractivity contribution in [1.29, 1.82) is 0 Å². The highest BCUT2D eigenvalue weighted by Gasteiger charge is 2.30. The molecule has 3 N–H and O–H groups in total. The molecule has 0 unspecified atom stereocenters. The van der Waals surface area contributed by atoms with E-state index in [-0.39, 0.29) is 6.04 Å². The van der Waals surface area contributed by atoms with Gasteiger partial charge in [0.25, 0.3) is 0 Å². The maximum Gasteiger partial charge on any atom is 0.115 e. The third-order valence-corrected chi connectivity index (χ3v) is 2.74. The number of hydrogen-bond acceptors (Lipinski definition) is 2. The SMILES string of the molecule is Cc1cc(O)ccc1[C@@H](N)C1CC1. The largest absolute Gasteiger partial charge is 0.508 e. The van der Waals surface area contributed by atoms with Gasteiger partial charge in [-0.25, -0.2) is 0 Å². The molecular weight excluding hydrogens is 162 g/mol. The van der Waals surface area contributed by atoms with Crippen LogP contribution in [0.2, 0.25) is 0 Å². The first-order valence-electron chi connectivity index (χ1n) is 4.73. The highest BCUT2D eigenvalue weighted by molar-refractivity contribution is 5.36. The van der Waals surface area contributed by atoms with Gasteiger partial charge in [-0.2, -0.15) is 0 Å². The zero-order valence-electron chi connectivity index (χ0n) is 7.83. The topological polar surface area (TPSA) is 46.2 Å². The fourth-order valence-electron chi connectivity index (χ4n) is 1.74. The lowest BCUT2D eigenvalue weighted by molar-refractivity contribution is 0.474. The monoisotopic (exact) mass is 177 g/mol. The van der Waals surface area contributed by atoms with E-state index in [9.17, 15) is 5.11 Å². The Balaban J connectivity index is 2.28. The van der Waals surface area contributed by atoms with E-state index >= 15 is 0 Å². The van der Waals surface area contributed by atoms with Crippen LogP contribution >= 0.6 is 0 Å². The minimum Gasteiger partial charge on any atom is -0.508 e. The predicted octanol–water partition coefficient (Wildman–Crippen LogP) is 2.11. The smallest absolute Gasteiger partial charge is 0.115 e. The van der Waals surface area contributed by atoms with Crippen molar-refractivity contribution in [3.63, 3.8) is 0 Å². The van der Waals surface area contributed by atoms with Crippen LogP contribution in [0.1, 0.15) is 30.0 Å². The normalized spacial score (nSPS) is 18.6. The van der Waals surface area contributed by atoms with Crippen LogP contribution in [0.5, 0.6) is 5.75 Å². The summed E-state index contributed by atoms with van der Waals surface area (Å²) in [4.78, 5) is 0. The average molecular weight is 177 g/mol. The van der Waals surface area contributed by atoms with Gasteiger partial charge in [-0.1, -0.05) is 6.07 Å². The molecule has 2 rings (SSSR count). The van der Waals surface area contributed by atoms with Crippen molar-refractivity contribution in [1.82, 2.24) is 0 Å². The maximum atomic E-state index is 9.23. The van der Waals surface area contributed by atoms with Gasteiger partial charge in [0.2, 0.25) is 0 Å². The van der Waals surface area contributed by atoms with Crippen molar-refractivity contribution in [3.05, 3.63) is 29.3 Å². The van der Waals surface area contributed by atoms with E-state index in [1.165, 1.54) is 18.4 Å². The lowest BCUT2D eigenvalue weighted by atomic mass is 9.98. The fourth-order valence-corrected chi connectivity index (χ4v) is 1.74. The van der Waals surface area contributed by atoms with Crippen molar-refractivity contribution in [2.75, 3.05) is 0 Å². The number of benzene rings is 1. The zero-order valence-corrected chi connectivity index (χ0v) is 7.83. The van der Waals surface area contributed by atoms with Gasteiger partial charge in [-0.3, -0.25) is 0 Å². The van der Waals surface area contributed by atoms with Crippen molar-refractivity contribution in [2.24, 2.45) is 11.7 Å². The summed E-state index contributed by atoms with van der Waals surface area (Å²) in [7, 11) is 0. The minimum absolute atomic E-state index is 0.167. The number of nitrogens with two attached hydrogens (primary N) is 1. The summed E-state index contributed by atoms with van der Waals surface area (Å²) in [6, 6.07) is 5.59. The van der Waals surface area contributed by atoms with Crippen molar-refractivity contribution in [3.8, 4) is 5.75 Å². The number of aryl methyl sites for hydroxylation is 1. The molecule has 0 aromatic heterocycles. The van der Waals surface area contributed by atoms with Crippen LogP contribution in [0, 0.1) is 12.8 Å². The van der Waals surface area contributed by atoms with E-state index in [0.29, 0.717) is 11.7 Å². The second kappa shape index (κ2) is 3.04. The van der Waals surface area contributed by atoms with Crippen LogP contribution in [0.15, 0.2) is 18.2 Å². The summed E-state index contributed by atoms with van der Waals surface area (Å²) < 4.78 is 0. The molecule has 13 heavy (non-hydrogen) atoms. The van der Waals surface area contributed by atoms with Gasteiger partial charge in [0.15, 0.2) is 0 Å². The lowest BCUT2D eigenvalue weighted by Crippen LogP contribution is -2.13. The van der Waals surface area contributed by atoms with E-state index in [2.05, 4.69) is 0 Å². The Kier molecular flexibility index (Phi) is 2.00. The summed E-state index contributed by atoms with van der Waals surface area (Å²) in [5.41, 5.74) is 8.35. The second-order valence-corrected chi connectivity index (χ2v) is 3.90. The molecule has 1 saturated carbocycles. The Labute approximate surface area is 78.4 Å². The number of aromatic hydroxyl groups is 1. The van der Waals surface area contributed by atoms with Gasteiger partial charge in [-0.05, 0) is 48.9 Å². The molecule has 2 heteroatoms. The van der Waals surface area contributed by atoms with Crippen LogP contribution < -0.4 is 5.73 Å². The van der Waals surface area contributed by atoms with Gasteiger partial charge >= 0.3 is 0 Å². The molecule has 1 atom stereocenters. The summed E-state index contributed by atoms with van der Waals surface area (Å²) >= 11 is 0. The summed E-state index contributed by atoms with van der Waals surface area (Å²) in [5, 5.41) is 9.23. The molecule has 0 heterocycles. The second-order valence-electron chi connectivity index (χ2n) is 3.90. The quantitative estimate of drug-likeness (QED) is 0.726. The third kappa shape index (κ3) is 1.68. The average Bonchev–Trinajstić information content (AvgIpc) is 2.85. The first-order valence-corrected chi connectivity index (χ1v) is 4.73. The Hall–Kier alpha value is -1.02. The third-order valence-electron chi connectivity index (χ3n) is 2.74. The van der Waals surface area contributed by atoms with Crippen LogP contribution in [-0.2, 0) is 0 Å². The van der Waals surface area contributed by atoms with E-state index in [1.807, 2.05) is 13.0 Å². The Morgan fingerprint density at radius 2 is 2.15 bits per heavy atom.